The number of nitrogens with one attached hydrogen (secondary N) is 1. The van der Waals surface area contributed by atoms with Crippen molar-refractivity contribution >= 4 is 21.5 Å². The molecule has 0 atom stereocenters. The van der Waals surface area contributed by atoms with Crippen molar-refractivity contribution in [2.75, 3.05) is 13.1 Å². The minimum atomic E-state index is 0.986. The molecule has 1 N–H and O–H groups in total. The molecule has 2 heterocycles. The molecular weight excluding hydrogens is 372 g/mol. The standard InChI is InChI=1S/C20H21BrN2.C2H6/c1-13-4-7-18-14(9-13)5-6-15-10-17(21)12-23-20(15)19(18)16-3-2-8-22-11-16;1-2/h4,7,9-10,12,22H,2-3,5-6,8,11H2,1H3;1-2H3/b19-16-;. The molecule has 1 aliphatic carbocycles. The molecular formula is C22H27BrN2. The quantitative estimate of drug-likeness (QED) is 0.636. The van der Waals surface area contributed by atoms with E-state index in [2.05, 4.69) is 52.4 Å². The van der Waals surface area contributed by atoms with Crippen LogP contribution in [0.3, 0.4) is 0 Å². The molecule has 2 aromatic rings. The van der Waals surface area contributed by atoms with Gasteiger partial charge in [0, 0.05) is 22.8 Å². The lowest BCUT2D eigenvalue weighted by Gasteiger charge is -2.22. The van der Waals surface area contributed by atoms with E-state index in [0.29, 0.717) is 0 Å². The number of aromatic nitrogens is 1. The van der Waals surface area contributed by atoms with Gasteiger partial charge in [0.1, 0.15) is 0 Å². The van der Waals surface area contributed by atoms with Crippen LogP contribution in [-0.2, 0) is 12.8 Å². The molecule has 1 saturated heterocycles. The van der Waals surface area contributed by atoms with E-state index in [1.54, 1.807) is 0 Å². The summed E-state index contributed by atoms with van der Waals surface area (Å²) >= 11 is 3.59. The summed E-state index contributed by atoms with van der Waals surface area (Å²) in [5, 5.41) is 3.54. The van der Waals surface area contributed by atoms with Gasteiger partial charge in [0.25, 0.3) is 0 Å². The van der Waals surface area contributed by atoms with Crippen LogP contribution in [0.15, 0.2) is 40.5 Å². The average molecular weight is 399 g/mol. The number of aryl methyl sites for hydroxylation is 3. The molecule has 3 heteroatoms. The highest BCUT2D eigenvalue weighted by Crippen LogP contribution is 2.37. The number of rotatable bonds is 0. The number of halogens is 1. The maximum Gasteiger partial charge on any atom is 0.0741 e. The molecule has 0 saturated carbocycles. The Kier molecular flexibility index (Phi) is 6.08. The summed E-state index contributed by atoms with van der Waals surface area (Å²) in [7, 11) is 0. The summed E-state index contributed by atoms with van der Waals surface area (Å²) in [6.45, 7) is 8.29. The summed E-state index contributed by atoms with van der Waals surface area (Å²) in [6, 6.07) is 9.14. The van der Waals surface area contributed by atoms with E-state index in [0.717, 1.165) is 30.4 Å². The second kappa shape index (κ2) is 8.29. The van der Waals surface area contributed by atoms with Gasteiger partial charge in [-0.1, -0.05) is 37.6 Å². The number of pyridine rings is 1. The van der Waals surface area contributed by atoms with E-state index >= 15 is 0 Å². The van der Waals surface area contributed by atoms with E-state index in [4.69, 9.17) is 4.98 Å². The van der Waals surface area contributed by atoms with Crippen LogP contribution in [0, 0.1) is 6.92 Å². The predicted molar refractivity (Wildman–Crippen MR) is 110 cm³/mol. The van der Waals surface area contributed by atoms with Crippen LogP contribution in [0.1, 0.15) is 54.6 Å². The molecule has 1 aromatic heterocycles. The fourth-order valence-corrected chi connectivity index (χ4v) is 4.17. The first-order chi connectivity index (χ1) is 12.2. The molecule has 0 spiro atoms. The minimum absolute atomic E-state index is 0.986. The zero-order valence-corrected chi connectivity index (χ0v) is 17.0. The highest BCUT2D eigenvalue weighted by Gasteiger charge is 2.23. The Balaban J connectivity index is 0.000000880. The van der Waals surface area contributed by atoms with Crippen molar-refractivity contribution in [1.29, 1.82) is 0 Å². The van der Waals surface area contributed by atoms with Gasteiger partial charge in [-0.2, -0.15) is 0 Å². The second-order valence-electron chi connectivity index (χ2n) is 6.58. The minimum Gasteiger partial charge on any atom is -0.313 e. The Morgan fingerprint density at radius 2 is 1.84 bits per heavy atom. The number of hydrogen-bond acceptors (Lipinski definition) is 2. The maximum atomic E-state index is 4.82. The van der Waals surface area contributed by atoms with E-state index in [-0.39, 0.29) is 0 Å². The molecule has 2 nitrogen and oxygen atoms in total. The van der Waals surface area contributed by atoms with Crippen molar-refractivity contribution < 1.29 is 0 Å². The van der Waals surface area contributed by atoms with Crippen molar-refractivity contribution in [1.82, 2.24) is 10.3 Å². The normalized spacial score (nSPS) is 19.2. The van der Waals surface area contributed by atoms with Gasteiger partial charge in [-0.05, 0) is 83.4 Å². The van der Waals surface area contributed by atoms with Crippen molar-refractivity contribution in [3.05, 3.63) is 68.5 Å². The van der Waals surface area contributed by atoms with Gasteiger partial charge < -0.3 is 5.32 Å². The molecule has 0 bridgehead atoms. The van der Waals surface area contributed by atoms with Crippen LogP contribution >= 0.6 is 15.9 Å². The lowest BCUT2D eigenvalue weighted by atomic mass is 9.89. The van der Waals surface area contributed by atoms with E-state index in [9.17, 15) is 0 Å². The smallest absolute Gasteiger partial charge is 0.0741 e. The largest absolute Gasteiger partial charge is 0.313 e. The lowest BCUT2D eigenvalue weighted by molar-refractivity contribution is 0.611. The van der Waals surface area contributed by atoms with Gasteiger partial charge in [-0.25, -0.2) is 0 Å². The van der Waals surface area contributed by atoms with Crippen LogP contribution in [0.4, 0.5) is 0 Å². The monoisotopic (exact) mass is 398 g/mol. The van der Waals surface area contributed by atoms with Crippen molar-refractivity contribution in [3.8, 4) is 0 Å². The van der Waals surface area contributed by atoms with Crippen molar-refractivity contribution in [2.24, 2.45) is 0 Å². The lowest BCUT2D eigenvalue weighted by Crippen LogP contribution is -2.25. The average Bonchev–Trinajstić information content (AvgIpc) is 2.80. The van der Waals surface area contributed by atoms with Crippen molar-refractivity contribution in [3.63, 3.8) is 0 Å². The molecule has 132 valence electrons. The van der Waals surface area contributed by atoms with E-state index in [1.807, 2.05) is 20.0 Å². The van der Waals surface area contributed by atoms with Crippen molar-refractivity contribution in [2.45, 2.75) is 46.5 Å². The number of nitrogens with zero attached hydrogens (tertiary/aromatic N) is 1. The molecule has 0 radical (unpaired) electrons. The zero-order valence-electron chi connectivity index (χ0n) is 15.5. The Labute approximate surface area is 159 Å². The first kappa shape index (κ1) is 18.3. The van der Waals surface area contributed by atoms with Gasteiger partial charge >= 0.3 is 0 Å². The topological polar surface area (TPSA) is 24.9 Å². The summed E-state index contributed by atoms with van der Waals surface area (Å²) in [5.41, 5.74) is 9.65. The SMILES string of the molecule is CC.Cc1ccc2c(c1)CCc1cc(Br)cnc1/C2=C1/CCCNC1. The summed E-state index contributed by atoms with van der Waals surface area (Å²) in [4.78, 5) is 4.82. The fourth-order valence-electron chi connectivity index (χ4n) is 3.79. The Morgan fingerprint density at radius 1 is 1.04 bits per heavy atom. The van der Waals surface area contributed by atoms with Gasteiger partial charge in [-0.15, -0.1) is 0 Å². The van der Waals surface area contributed by atoms with Crippen LogP contribution in [-0.4, -0.2) is 18.1 Å². The van der Waals surface area contributed by atoms with Gasteiger partial charge in [0.05, 0.1) is 5.69 Å². The van der Waals surface area contributed by atoms with Crippen LogP contribution in [0.2, 0.25) is 0 Å². The predicted octanol–water partition coefficient (Wildman–Crippen LogP) is 5.46. The van der Waals surface area contributed by atoms with Crippen LogP contribution in [0.25, 0.3) is 5.57 Å². The third-order valence-electron chi connectivity index (χ3n) is 4.89. The summed E-state index contributed by atoms with van der Waals surface area (Å²) in [5.74, 6) is 0. The van der Waals surface area contributed by atoms with Gasteiger partial charge in [-0.3, -0.25) is 4.98 Å². The molecule has 2 aliphatic rings. The Hall–Kier alpha value is -1.45. The second-order valence-corrected chi connectivity index (χ2v) is 7.50. The number of piperidine rings is 1. The summed E-state index contributed by atoms with van der Waals surface area (Å²) < 4.78 is 1.07. The van der Waals surface area contributed by atoms with Gasteiger partial charge in [0.15, 0.2) is 0 Å². The van der Waals surface area contributed by atoms with E-state index < -0.39 is 0 Å². The highest BCUT2D eigenvalue weighted by molar-refractivity contribution is 9.10. The maximum absolute atomic E-state index is 4.82. The Bertz CT molecular complexity index is 729. The van der Waals surface area contributed by atoms with E-state index in [1.165, 1.54) is 51.9 Å². The number of hydrogen-bond donors (Lipinski definition) is 1. The molecule has 25 heavy (non-hydrogen) atoms. The highest BCUT2D eigenvalue weighted by atomic mass is 79.9. The van der Waals surface area contributed by atoms with Gasteiger partial charge in [0.2, 0.25) is 0 Å². The third kappa shape index (κ3) is 3.88. The first-order valence-electron chi connectivity index (χ1n) is 9.40. The number of benzene rings is 1. The van der Waals surface area contributed by atoms with Crippen LogP contribution in [0.5, 0.6) is 0 Å². The molecule has 1 aliphatic heterocycles. The number of fused-ring (bicyclic) bond motifs is 2. The molecule has 4 rings (SSSR count). The first-order valence-corrected chi connectivity index (χ1v) is 10.2. The molecule has 0 unspecified atom stereocenters. The zero-order chi connectivity index (χ0) is 17.8. The molecule has 1 fully saturated rings. The molecule has 0 amide bonds. The third-order valence-corrected chi connectivity index (χ3v) is 5.32. The Morgan fingerprint density at radius 3 is 2.60 bits per heavy atom. The van der Waals surface area contributed by atoms with Crippen LogP contribution < -0.4 is 5.32 Å². The fraction of sp³-hybridized carbons (Fsp3) is 0.409. The molecule has 1 aromatic carbocycles. The summed E-state index contributed by atoms with van der Waals surface area (Å²) in [6.07, 6.45) is 6.47.